The fourth-order valence-electron chi connectivity index (χ4n) is 2.62. The highest BCUT2D eigenvalue weighted by Gasteiger charge is 2.46. The third-order valence-corrected chi connectivity index (χ3v) is 4.11. The number of nitrogens with zero attached hydrogens (tertiary/aromatic N) is 2. The number of nitrogens with one attached hydrogen (secondary N) is 1. The van der Waals surface area contributed by atoms with Gasteiger partial charge in [-0.2, -0.15) is 0 Å². The van der Waals surface area contributed by atoms with Gasteiger partial charge in [0.2, 0.25) is 0 Å². The third kappa shape index (κ3) is 2.43. The maximum absolute atomic E-state index is 12.1. The van der Waals surface area contributed by atoms with E-state index in [4.69, 9.17) is 11.6 Å². The van der Waals surface area contributed by atoms with Crippen LogP contribution in [0.1, 0.15) is 25.7 Å². The number of urea groups is 1. The Morgan fingerprint density at radius 3 is 2.89 bits per heavy atom. The van der Waals surface area contributed by atoms with Crippen LogP contribution in [-0.4, -0.2) is 29.0 Å². The number of carbonyl (C=O) groups is 1. The number of hydrogen-bond acceptors (Lipinski definition) is 2. The number of likely N-dealkylation sites (tertiary alicyclic amines) is 1. The van der Waals surface area contributed by atoms with Crippen LogP contribution in [0.5, 0.6) is 0 Å². The fraction of sp³-hybridized carbons (Fsp3) is 0.538. The summed E-state index contributed by atoms with van der Waals surface area (Å²) in [5.74, 6) is 0. The Bertz CT molecular complexity index is 456. The van der Waals surface area contributed by atoms with Gasteiger partial charge in [-0.15, -0.1) is 0 Å². The van der Waals surface area contributed by atoms with E-state index in [0.29, 0.717) is 16.3 Å². The van der Waals surface area contributed by atoms with Crippen LogP contribution in [0.2, 0.25) is 5.15 Å². The molecule has 0 aromatic carbocycles. The highest BCUT2D eigenvalue weighted by molar-refractivity contribution is 6.29. The third-order valence-electron chi connectivity index (χ3n) is 3.88. The van der Waals surface area contributed by atoms with E-state index in [1.807, 2.05) is 4.90 Å². The molecule has 0 unspecified atom stereocenters. The molecule has 1 aromatic rings. The lowest BCUT2D eigenvalue weighted by Gasteiger charge is -2.32. The van der Waals surface area contributed by atoms with Crippen LogP contribution >= 0.6 is 11.6 Å². The van der Waals surface area contributed by atoms with Crippen molar-refractivity contribution < 1.29 is 4.79 Å². The van der Waals surface area contributed by atoms with Gasteiger partial charge in [-0.05, 0) is 43.2 Å². The largest absolute Gasteiger partial charge is 0.324 e. The number of halogens is 1. The molecule has 1 N–H and O–H groups in total. The van der Waals surface area contributed by atoms with E-state index in [1.165, 1.54) is 19.3 Å². The summed E-state index contributed by atoms with van der Waals surface area (Å²) in [5.41, 5.74) is 1.15. The highest BCUT2D eigenvalue weighted by atomic mass is 35.5. The molecule has 2 amide bonds. The number of carbonyl (C=O) groups excluding carboxylic acids is 1. The molecule has 1 aromatic heterocycles. The fourth-order valence-corrected chi connectivity index (χ4v) is 2.73. The van der Waals surface area contributed by atoms with Crippen LogP contribution in [0.25, 0.3) is 0 Å². The van der Waals surface area contributed by atoms with Crippen molar-refractivity contribution in [3.63, 3.8) is 0 Å². The maximum Gasteiger partial charge on any atom is 0.321 e. The van der Waals surface area contributed by atoms with E-state index in [9.17, 15) is 4.79 Å². The average Bonchev–Trinajstić information content (AvgIpc) is 3.11. The molecule has 1 saturated carbocycles. The summed E-state index contributed by atoms with van der Waals surface area (Å²) in [6, 6.07) is 3.42. The van der Waals surface area contributed by atoms with Crippen LogP contribution in [0.15, 0.2) is 18.3 Å². The molecule has 2 heterocycles. The summed E-state index contributed by atoms with van der Waals surface area (Å²) in [4.78, 5) is 18.0. The molecule has 2 fully saturated rings. The summed E-state index contributed by atoms with van der Waals surface area (Å²) in [6.45, 7) is 1.76. The number of anilines is 1. The smallest absolute Gasteiger partial charge is 0.321 e. The Morgan fingerprint density at radius 2 is 2.22 bits per heavy atom. The standard InChI is InChI=1S/C13H16ClN3O/c14-11-3-2-10(8-15-11)16-12(18)17-7-1-4-13(9-17)5-6-13/h2-3,8H,1,4-7,9H2,(H,16,18). The molecule has 0 radical (unpaired) electrons. The van der Waals surface area contributed by atoms with Gasteiger partial charge in [0.05, 0.1) is 11.9 Å². The van der Waals surface area contributed by atoms with Gasteiger partial charge in [0, 0.05) is 13.1 Å². The van der Waals surface area contributed by atoms with Crippen molar-refractivity contribution in [1.82, 2.24) is 9.88 Å². The minimum Gasteiger partial charge on any atom is -0.324 e. The van der Waals surface area contributed by atoms with Crippen LogP contribution in [-0.2, 0) is 0 Å². The van der Waals surface area contributed by atoms with Crippen LogP contribution in [0.3, 0.4) is 0 Å². The predicted octanol–water partition coefficient (Wildman–Crippen LogP) is 3.14. The predicted molar refractivity (Wildman–Crippen MR) is 70.7 cm³/mol. The van der Waals surface area contributed by atoms with E-state index >= 15 is 0 Å². The van der Waals surface area contributed by atoms with Gasteiger partial charge in [-0.1, -0.05) is 11.6 Å². The molecular weight excluding hydrogens is 250 g/mol. The van der Waals surface area contributed by atoms with Gasteiger partial charge >= 0.3 is 6.03 Å². The second-order valence-corrected chi connectivity index (χ2v) is 5.71. The normalized spacial score (nSPS) is 20.8. The summed E-state index contributed by atoms with van der Waals surface area (Å²) in [5, 5.41) is 3.30. The molecule has 1 aliphatic heterocycles. The minimum atomic E-state index is -0.0231. The van der Waals surface area contributed by atoms with Crippen LogP contribution in [0.4, 0.5) is 10.5 Å². The number of piperidine rings is 1. The SMILES string of the molecule is O=C(Nc1ccc(Cl)nc1)N1CCCC2(CC2)C1. The number of amides is 2. The van der Waals surface area contributed by atoms with Crippen molar-refractivity contribution >= 4 is 23.3 Å². The van der Waals surface area contributed by atoms with Gasteiger partial charge in [0.15, 0.2) is 0 Å². The van der Waals surface area contributed by atoms with Gasteiger partial charge in [0.25, 0.3) is 0 Å². The Hall–Kier alpha value is -1.29. The summed E-state index contributed by atoms with van der Waals surface area (Å²) >= 11 is 5.71. The molecule has 0 bridgehead atoms. The lowest BCUT2D eigenvalue weighted by Crippen LogP contribution is -2.43. The van der Waals surface area contributed by atoms with Crippen molar-refractivity contribution in [2.24, 2.45) is 5.41 Å². The molecule has 3 rings (SSSR count). The Morgan fingerprint density at radius 1 is 1.39 bits per heavy atom. The molecule has 0 atom stereocenters. The lowest BCUT2D eigenvalue weighted by atomic mass is 9.95. The second kappa shape index (κ2) is 4.43. The van der Waals surface area contributed by atoms with Crippen molar-refractivity contribution in [2.75, 3.05) is 18.4 Å². The zero-order chi connectivity index (χ0) is 12.6. The zero-order valence-corrected chi connectivity index (χ0v) is 10.9. The summed E-state index contributed by atoms with van der Waals surface area (Å²) in [7, 11) is 0. The Kier molecular flexibility index (Phi) is 2.90. The maximum atomic E-state index is 12.1. The monoisotopic (exact) mass is 265 g/mol. The molecular formula is C13H16ClN3O. The molecule has 1 aliphatic carbocycles. The molecule has 5 heteroatoms. The number of hydrogen-bond donors (Lipinski definition) is 1. The van der Waals surface area contributed by atoms with E-state index < -0.39 is 0 Å². The molecule has 18 heavy (non-hydrogen) atoms. The van der Waals surface area contributed by atoms with Crippen molar-refractivity contribution in [1.29, 1.82) is 0 Å². The molecule has 4 nitrogen and oxygen atoms in total. The van der Waals surface area contributed by atoms with Crippen molar-refractivity contribution in [2.45, 2.75) is 25.7 Å². The first-order valence-electron chi connectivity index (χ1n) is 6.34. The first kappa shape index (κ1) is 11.8. The van der Waals surface area contributed by atoms with Crippen LogP contribution < -0.4 is 5.32 Å². The summed E-state index contributed by atoms with van der Waals surface area (Å²) in [6.07, 6.45) is 6.53. The Labute approximate surface area is 111 Å². The number of aromatic nitrogens is 1. The molecule has 96 valence electrons. The zero-order valence-electron chi connectivity index (χ0n) is 10.2. The van der Waals surface area contributed by atoms with E-state index in [0.717, 1.165) is 19.5 Å². The molecule has 1 spiro atoms. The van der Waals surface area contributed by atoms with Gasteiger partial charge < -0.3 is 10.2 Å². The van der Waals surface area contributed by atoms with E-state index in [-0.39, 0.29) is 6.03 Å². The topological polar surface area (TPSA) is 45.2 Å². The lowest BCUT2D eigenvalue weighted by molar-refractivity contribution is 0.170. The van der Waals surface area contributed by atoms with Crippen LogP contribution in [0, 0.1) is 5.41 Å². The quantitative estimate of drug-likeness (QED) is 0.793. The first-order chi connectivity index (χ1) is 8.67. The van der Waals surface area contributed by atoms with Gasteiger partial charge in [0.1, 0.15) is 5.15 Å². The van der Waals surface area contributed by atoms with Crippen molar-refractivity contribution in [3.05, 3.63) is 23.5 Å². The number of rotatable bonds is 1. The van der Waals surface area contributed by atoms with Crippen molar-refractivity contribution in [3.8, 4) is 0 Å². The Balaban J connectivity index is 1.62. The average molecular weight is 266 g/mol. The summed E-state index contributed by atoms with van der Waals surface area (Å²) < 4.78 is 0. The van der Waals surface area contributed by atoms with E-state index in [1.54, 1.807) is 18.3 Å². The first-order valence-corrected chi connectivity index (χ1v) is 6.72. The second-order valence-electron chi connectivity index (χ2n) is 5.32. The molecule has 2 aliphatic rings. The number of pyridine rings is 1. The van der Waals surface area contributed by atoms with E-state index in [2.05, 4.69) is 10.3 Å². The highest BCUT2D eigenvalue weighted by Crippen LogP contribution is 2.52. The van der Waals surface area contributed by atoms with Gasteiger partial charge in [-0.25, -0.2) is 9.78 Å². The molecule has 1 saturated heterocycles. The minimum absolute atomic E-state index is 0.0231. The van der Waals surface area contributed by atoms with Gasteiger partial charge in [-0.3, -0.25) is 0 Å².